The van der Waals surface area contributed by atoms with Gasteiger partial charge in [0, 0.05) is 23.5 Å². The molecule has 2 amide bonds. The third kappa shape index (κ3) is 6.05. The molecule has 0 N–H and O–H groups in total. The molecule has 6 nitrogen and oxygen atoms in total. The second-order valence-corrected chi connectivity index (χ2v) is 10.2. The van der Waals surface area contributed by atoms with Gasteiger partial charge in [-0.2, -0.15) is 0 Å². The summed E-state index contributed by atoms with van der Waals surface area (Å²) in [5, 5.41) is 2.03. The Morgan fingerprint density at radius 3 is 2.44 bits per heavy atom. The number of fused-ring (bicyclic) bond motifs is 1. The highest BCUT2D eigenvalue weighted by Gasteiger charge is 2.33. The smallest absolute Gasteiger partial charge is 0.254 e. The number of carbonyl (C=O) groups is 2. The summed E-state index contributed by atoms with van der Waals surface area (Å²) < 4.78 is 24.5. The zero-order valence-corrected chi connectivity index (χ0v) is 21.6. The quantitative estimate of drug-likeness (QED) is 0.397. The molecule has 0 bridgehead atoms. The van der Waals surface area contributed by atoms with E-state index in [9.17, 15) is 14.0 Å². The fourth-order valence-electron chi connectivity index (χ4n) is 4.41. The summed E-state index contributed by atoms with van der Waals surface area (Å²) in [6.07, 6.45) is 0.766. The summed E-state index contributed by atoms with van der Waals surface area (Å²) in [5.74, 6) is 0.768. The number of nitrogens with zero attached hydrogens (tertiary/aromatic N) is 2. The Hall–Kier alpha value is -3.39. The Balaban J connectivity index is 1.52. The molecule has 36 heavy (non-hydrogen) atoms. The van der Waals surface area contributed by atoms with Crippen molar-refractivity contribution in [2.24, 2.45) is 5.92 Å². The first-order valence-electron chi connectivity index (χ1n) is 12.0. The van der Waals surface area contributed by atoms with Crippen molar-refractivity contribution in [1.82, 2.24) is 9.80 Å². The van der Waals surface area contributed by atoms with E-state index in [1.807, 2.05) is 30.2 Å². The summed E-state index contributed by atoms with van der Waals surface area (Å²) >= 11 is 1.68. The van der Waals surface area contributed by atoms with E-state index in [4.69, 9.17) is 9.47 Å². The van der Waals surface area contributed by atoms with Crippen LogP contribution in [-0.4, -0.2) is 55.0 Å². The number of hydrogen-bond donors (Lipinski definition) is 0. The van der Waals surface area contributed by atoms with Gasteiger partial charge in [0.2, 0.25) is 5.91 Å². The SMILES string of the molecule is COc1ccc(C(=O)N(CC(=O)N2CCc3sccc3[C@@H]2COc2ccc(F)cc2)CC(C)C)cc1. The van der Waals surface area contributed by atoms with E-state index in [1.165, 1.54) is 17.0 Å². The van der Waals surface area contributed by atoms with E-state index < -0.39 is 0 Å². The molecular formula is C28H31FN2O4S. The number of methoxy groups -OCH3 is 1. The molecule has 0 saturated heterocycles. The largest absolute Gasteiger partial charge is 0.497 e. The molecule has 0 fully saturated rings. The molecule has 1 atom stereocenters. The lowest BCUT2D eigenvalue weighted by Gasteiger charge is -2.37. The predicted octanol–water partition coefficient (Wildman–Crippen LogP) is 5.20. The molecule has 190 valence electrons. The molecule has 0 saturated carbocycles. The van der Waals surface area contributed by atoms with E-state index in [2.05, 4.69) is 0 Å². The minimum Gasteiger partial charge on any atom is -0.497 e. The average molecular weight is 511 g/mol. The maximum atomic E-state index is 13.6. The number of carbonyl (C=O) groups excluding carboxylic acids is 2. The second-order valence-electron chi connectivity index (χ2n) is 9.22. The van der Waals surface area contributed by atoms with Crippen LogP contribution in [0.3, 0.4) is 0 Å². The number of thiophene rings is 1. The van der Waals surface area contributed by atoms with Gasteiger partial charge < -0.3 is 19.3 Å². The van der Waals surface area contributed by atoms with E-state index >= 15 is 0 Å². The van der Waals surface area contributed by atoms with Gasteiger partial charge in [-0.25, -0.2) is 4.39 Å². The van der Waals surface area contributed by atoms with Crippen LogP contribution in [0.1, 0.15) is 40.7 Å². The molecule has 0 radical (unpaired) electrons. The highest BCUT2D eigenvalue weighted by atomic mass is 32.1. The van der Waals surface area contributed by atoms with Gasteiger partial charge in [-0.15, -0.1) is 11.3 Å². The summed E-state index contributed by atoms with van der Waals surface area (Å²) in [6.45, 7) is 5.29. The second kappa shape index (κ2) is 11.6. The lowest BCUT2D eigenvalue weighted by atomic mass is 10.00. The molecule has 0 unspecified atom stereocenters. The maximum absolute atomic E-state index is 13.6. The minimum atomic E-state index is -0.330. The van der Waals surface area contributed by atoms with E-state index in [1.54, 1.807) is 59.7 Å². The van der Waals surface area contributed by atoms with Gasteiger partial charge in [-0.1, -0.05) is 13.8 Å². The Morgan fingerprint density at radius 2 is 1.78 bits per heavy atom. The highest BCUT2D eigenvalue weighted by molar-refractivity contribution is 7.10. The first-order valence-corrected chi connectivity index (χ1v) is 12.9. The summed E-state index contributed by atoms with van der Waals surface area (Å²) in [7, 11) is 1.58. The van der Waals surface area contributed by atoms with Gasteiger partial charge in [-0.05, 0) is 77.9 Å². The highest BCUT2D eigenvalue weighted by Crippen LogP contribution is 2.34. The third-order valence-electron chi connectivity index (χ3n) is 6.17. The van der Waals surface area contributed by atoms with Crippen LogP contribution in [-0.2, 0) is 11.2 Å². The topological polar surface area (TPSA) is 59.1 Å². The molecule has 3 aromatic rings. The molecule has 2 aromatic carbocycles. The fourth-order valence-corrected chi connectivity index (χ4v) is 5.34. The van der Waals surface area contributed by atoms with Crippen LogP contribution in [0.4, 0.5) is 4.39 Å². The van der Waals surface area contributed by atoms with Gasteiger partial charge in [-0.3, -0.25) is 9.59 Å². The Bertz CT molecular complexity index is 1180. The summed E-state index contributed by atoms with van der Waals surface area (Å²) in [4.78, 5) is 31.6. The molecule has 0 aliphatic carbocycles. The van der Waals surface area contributed by atoms with Crippen LogP contribution in [0.5, 0.6) is 11.5 Å². The van der Waals surface area contributed by atoms with Crippen molar-refractivity contribution < 1.29 is 23.5 Å². The van der Waals surface area contributed by atoms with Gasteiger partial charge in [0.15, 0.2) is 0 Å². The molecular weight excluding hydrogens is 479 g/mol. The minimum absolute atomic E-state index is 0.0183. The Morgan fingerprint density at radius 1 is 1.08 bits per heavy atom. The van der Waals surface area contributed by atoms with E-state index in [0.29, 0.717) is 30.2 Å². The molecule has 1 aliphatic rings. The first kappa shape index (κ1) is 25.7. The standard InChI is InChI=1S/C28H31FN2O4S/c1-19(2)16-30(28(33)20-4-8-22(34-3)9-5-20)17-27(32)31-14-12-26-24(13-15-36-26)25(31)18-35-23-10-6-21(29)7-11-23/h4-11,13,15,19,25H,12,14,16-18H2,1-3H3/t25-/m0/s1. The summed E-state index contributed by atoms with van der Waals surface area (Å²) in [5.41, 5.74) is 1.58. The fraction of sp³-hybridized carbons (Fsp3) is 0.357. The molecule has 1 aliphatic heterocycles. The van der Waals surface area contributed by atoms with Crippen molar-refractivity contribution in [1.29, 1.82) is 0 Å². The Labute approximate surface area is 215 Å². The number of halogens is 1. The Kier molecular flexibility index (Phi) is 8.25. The number of amides is 2. The predicted molar refractivity (Wildman–Crippen MR) is 138 cm³/mol. The average Bonchev–Trinajstić information content (AvgIpc) is 3.36. The lowest BCUT2D eigenvalue weighted by Crippen LogP contribution is -2.48. The van der Waals surface area contributed by atoms with Gasteiger partial charge in [0.25, 0.3) is 5.91 Å². The molecule has 1 aromatic heterocycles. The normalized spacial score (nSPS) is 14.9. The molecule has 8 heteroatoms. The lowest BCUT2D eigenvalue weighted by molar-refractivity contribution is -0.135. The van der Waals surface area contributed by atoms with Crippen LogP contribution in [0.25, 0.3) is 0 Å². The van der Waals surface area contributed by atoms with Crippen LogP contribution in [0.2, 0.25) is 0 Å². The van der Waals surface area contributed by atoms with Gasteiger partial charge in [0.05, 0.1) is 13.2 Å². The van der Waals surface area contributed by atoms with Crippen molar-refractivity contribution in [2.75, 3.05) is 33.4 Å². The number of ether oxygens (including phenoxy) is 2. The zero-order chi connectivity index (χ0) is 25.7. The molecule has 2 heterocycles. The van der Waals surface area contributed by atoms with Crippen molar-refractivity contribution in [3.63, 3.8) is 0 Å². The monoisotopic (exact) mass is 510 g/mol. The van der Waals surface area contributed by atoms with E-state index in [-0.39, 0.29) is 42.7 Å². The first-order chi connectivity index (χ1) is 17.4. The molecule has 4 rings (SSSR count). The van der Waals surface area contributed by atoms with Crippen LogP contribution >= 0.6 is 11.3 Å². The van der Waals surface area contributed by atoms with E-state index in [0.717, 1.165) is 12.0 Å². The van der Waals surface area contributed by atoms with Gasteiger partial charge in [0.1, 0.15) is 30.5 Å². The van der Waals surface area contributed by atoms with Gasteiger partial charge >= 0.3 is 0 Å². The zero-order valence-electron chi connectivity index (χ0n) is 20.8. The number of rotatable bonds is 9. The van der Waals surface area contributed by atoms with Crippen molar-refractivity contribution in [2.45, 2.75) is 26.3 Å². The third-order valence-corrected chi connectivity index (χ3v) is 7.17. The van der Waals surface area contributed by atoms with Crippen LogP contribution in [0, 0.1) is 11.7 Å². The van der Waals surface area contributed by atoms with Crippen molar-refractivity contribution in [3.05, 3.63) is 81.8 Å². The maximum Gasteiger partial charge on any atom is 0.254 e. The number of benzene rings is 2. The van der Waals surface area contributed by atoms with Crippen molar-refractivity contribution >= 4 is 23.2 Å². The number of hydrogen-bond acceptors (Lipinski definition) is 5. The molecule has 0 spiro atoms. The van der Waals surface area contributed by atoms with Crippen LogP contribution < -0.4 is 9.47 Å². The van der Waals surface area contributed by atoms with Crippen molar-refractivity contribution in [3.8, 4) is 11.5 Å². The van der Waals surface area contributed by atoms with Crippen LogP contribution in [0.15, 0.2) is 60.0 Å². The summed E-state index contributed by atoms with van der Waals surface area (Å²) in [6, 6.07) is 14.5.